The lowest BCUT2D eigenvalue weighted by Crippen LogP contribution is -2.19. The summed E-state index contributed by atoms with van der Waals surface area (Å²) < 4.78 is 15.8. The summed E-state index contributed by atoms with van der Waals surface area (Å²) in [5, 5.41) is 13.9. The third-order valence-corrected chi connectivity index (χ3v) is 3.33. The monoisotopic (exact) mass is 370 g/mol. The Morgan fingerprint density at radius 2 is 1.96 bits per heavy atom. The highest BCUT2D eigenvalue weighted by Gasteiger charge is 2.05. The van der Waals surface area contributed by atoms with Crippen LogP contribution in [0.5, 0.6) is 11.6 Å². The number of benzene rings is 1. The molecule has 8 nitrogen and oxygen atoms in total. The van der Waals surface area contributed by atoms with Crippen LogP contribution in [0.25, 0.3) is 0 Å². The Morgan fingerprint density at radius 3 is 2.70 bits per heavy atom. The van der Waals surface area contributed by atoms with Gasteiger partial charge >= 0.3 is 6.03 Å². The number of pyridine rings is 1. The van der Waals surface area contributed by atoms with Crippen LogP contribution in [0.1, 0.15) is 12.8 Å². The number of nitrogens with zero attached hydrogens (tertiary/aromatic N) is 2. The molecule has 2 amide bonds. The molecule has 0 spiro atoms. The van der Waals surface area contributed by atoms with Crippen LogP contribution in [0.15, 0.2) is 42.6 Å². The van der Waals surface area contributed by atoms with Gasteiger partial charge in [-0.3, -0.25) is 0 Å². The lowest BCUT2D eigenvalue weighted by atomic mass is 10.3. The number of anilines is 2. The average Bonchev–Trinajstić information content (AvgIpc) is 2.67. The molecule has 0 bridgehead atoms. The molecule has 0 unspecified atom stereocenters. The van der Waals surface area contributed by atoms with Gasteiger partial charge in [-0.2, -0.15) is 5.26 Å². The van der Waals surface area contributed by atoms with Crippen molar-refractivity contribution < 1.29 is 19.0 Å². The molecule has 27 heavy (non-hydrogen) atoms. The number of carbonyl (C=O) groups is 1. The van der Waals surface area contributed by atoms with Gasteiger partial charge in [-0.05, 0) is 24.6 Å². The molecule has 0 radical (unpaired) electrons. The molecule has 0 aliphatic carbocycles. The van der Waals surface area contributed by atoms with E-state index in [1.165, 1.54) is 6.20 Å². The normalized spacial score (nSPS) is 9.93. The number of methoxy groups -OCH3 is 1. The number of hydrogen-bond donors (Lipinski definition) is 2. The van der Waals surface area contributed by atoms with Crippen LogP contribution in [0.2, 0.25) is 0 Å². The summed E-state index contributed by atoms with van der Waals surface area (Å²) in [4.78, 5) is 16.2. The van der Waals surface area contributed by atoms with Crippen LogP contribution in [0.4, 0.5) is 16.2 Å². The zero-order valence-electron chi connectivity index (χ0n) is 15.1. The fourth-order valence-electron chi connectivity index (χ4n) is 2.07. The topological polar surface area (TPSA) is 106 Å². The molecule has 1 aromatic heterocycles. The van der Waals surface area contributed by atoms with Gasteiger partial charge in [-0.1, -0.05) is 6.07 Å². The molecule has 0 atom stereocenters. The van der Waals surface area contributed by atoms with Crippen molar-refractivity contribution in [1.29, 1.82) is 5.26 Å². The second-order valence-electron chi connectivity index (χ2n) is 5.44. The van der Waals surface area contributed by atoms with E-state index in [2.05, 4.69) is 21.7 Å². The van der Waals surface area contributed by atoms with E-state index in [0.29, 0.717) is 55.7 Å². The first-order chi connectivity index (χ1) is 13.2. The fourth-order valence-corrected chi connectivity index (χ4v) is 2.07. The van der Waals surface area contributed by atoms with Crippen molar-refractivity contribution in [2.75, 3.05) is 37.6 Å². The molecule has 1 aromatic carbocycles. The molecule has 2 N–H and O–H groups in total. The number of urea groups is 1. The third kappa shape index (κ3) is 7.63. The van der Waals surface area contributed by atoms with Gasteiger partial charge < -0.3 is 24.8 Å². The zero-order valence-corrected chi connectivity index (χ0v) is 15.1. The van der Waals surface area contributed by atoms with Crippen molar-refractivity contribution in [2.45, 2.75) is 12.8 Å². The highest BCUT2D eigenvalue weighted by Crippen LogP contribution is 2.18. The molecular weight excluding hydrogens is 348 g/mol. The van der Waals surface area contributed by atoms with E-state index in [4.69, 9.17) is 19.5 Å². The standard InChI is InChI=1S/C19H22N4O4/c1-25-11-12-27-18-8-7-16(14-21-18)23-19(24)22-15-5-4-6-17(13-15)26-10-3-2-9-20/h4-8,13-14H,2-3,10-12H2,1H3,(H2,22,23,24). The molecule has 0 fully saturated rings. The number of hydrogen-bond acceptors (Lipinski definition) is 6. The molecule has 0 aliphatic rings. The van der Waals surface area contributed by atoms with Crippen molar-refractivity contribution >= 4 is 17.4 Å². The largest absolute Gasteiger partial charge is 0.493 e. The van der Waals surface area contributed by atoms with Gasteiger partial charge in [0, 0.05) is 31.4 Å². The highest BCUT2D eigenvalue weighted by molar-refractivity contribution is 5.99. The highest BCUT2D eigenvalue weighted by atomic mass is 16.5. The van der Waals surface area contributed by atoms with Crippen molar-refractivity contribution in [3.63, 3.8) is 0 Å². The van der Waals surface area contributed by atoms with E-state index in [-0.39, 0.29) is 0 Å². The number of nitrogens with one attached hydrogen (secondary N) is 2. The Bertz CT molecular complexity index is 759. The maximum absolute atomic E-state index is 12.1. The van der Waals surface area contributed by atoms with Crippen LogP contribution in [0, 0.1) is 11.3 Å². The molecule has 1 heterocycles. The van der Waals surface area contributed by atoms with Crippen LogP contribution in [0.3, 0.4) is 0 Å². The van der Waals surface area contributed by atoms with Crippen molar-refractivity contribution in [3.8, 4) is 17.7 Å². The minimum Gasteiger partial charge on any atom is -0.493 e. The van der Waals surface area contributed by atoms with Crippen LogP contribution in [-0.4, -0.2) is 37.9 Å². The second-order valence-corrected chi connectivity index (χ2v) is 5.44. The van der Waals surface area contributed by atoms with E-state index < -0.39 is 6.03 Å². The van der Waals surface area contributed by atoms with Crippen LogP contribution >= 0.6 is 0 Å². The van der Waals surface area contributed by atoms with E-state index in [1.54, 1.807) is 43.5 Å². The minimum atomic E-state index is -0.397. The number of ether oxygens (including phenoxy) is 3. The van der Waals surface area contributed by atoms with Crippen molar-refractivity contribution in [1.82, 2.24) is 4.98 Å². The number of carbonyl (C=O) groups excluding carboxylic acids is 1. The predicted octanol–water partition coefficient (Wildman–Crippen LogP) is 3.43. The molecule has 0 saturated carbocycles. The van der Waals surface area contributed by atoms with Gasteiger partial charge in [0.05, 0.1) is 31.2 Å². The average molecular weight is 370 g/mol. The van der Waals surface area contributed by atoms with Gasteiger partial charge in [0.1, 0.15) is 12.4 Å². The van der Waals surface area contributed by atoms with Gasteiger partial charge in [-0.15, -0.1) is 0 Å². The summed E-state index contributed by atoms with van der Waals surface area (Å²) in [6, 6.07) is 12.1. The lowest BCUT2D eigenvalue weighted by molar-refractivity contribution is 0.144. The maximum Gasteiger partial charge on any atom is 0.323 e. The number of unbranched alkanes of at least 4 members (excludes halogenated alkanes) is 1. The van der Waals surface area contributed by atoms with Gasteiger partial charge in [0.2, 0.25) is 5.88 Å². The van der Waals surface area contributed by atoms with Crippen LogP contribution < -0.4 is 20.1 Å². The summed E-state index contributed by atoms with van der Waals surface area (Å²) in [6.07, 6.45) is 2.62. The molecule has 2 aromatic rings. The van der Waals surface area contributed by atoms with Crippen molar-refractivity contribution in [3.05, 3.63) is 42.6 Å². The van der Waals surface area contributed by atoms with E-state index >= 15 is 0 Å². The summed E-state index contributed by atoms with van der Waals surface area (Å²) in [5.41, 5.74) is 1.13. The zero-order chi connectivity index (χ0) is 19.3. The van der Waals surface area contributed by atoms with E-state index in [1.807, 2.05) is 0 Å². The molecule has 0 saturated heterocycles. The Hall–Kier alpha value is -3.31. The maximum atomic E-state index is 12.1. The Balaban J connectivity index is 1.82. The van der Waals surface area contributed by atoms with E-state index in [0.717, 1.165) is 0 Å². The quantitative estimate of drug-likeness (QED) is 0.621. The second kappa shape index (κ2) is 11.3. The lowest BCUT2D eigenvalue weighted by Gasteiger charge is -2.10. The number of rotatable bonds is 10. The summed E-state index contributed by atoms with van der Waals surface area (Å²) in [6.45, 7) is 1.34. The molecule has 142 valence electrons. The Morgan fingerprint density at radius 1 is 1.11 bits per heavy atom. The SMILES string of the molecule is COCCOc1ccc(NC(=O)Nc2cccc(OCCCC#N)c2)cn1. The van der Waals surface area contributed by atoms with Gasteiger partial charge in [0.25, 0.3) is 0 Å². The smallest absolute Gasteiger partial charge is 0.323 e. The molecule has 2 rings (SSSR count). The van der Waals surface area contributed by atoms with Gasteiger partial charge in [-0.25, -0.2) is 9.78 Å². The number of nitriles is 1. The molecule has 8 heteroatoms. The van der Waals surface area contributed by atoms with Gasteiger partial charge in [0.15, 0.2) is 0 Å². The minimum absolute atomic E-state index is 0.397. The molecule has 0 aliphatic heterocycles. The molecular formula is C19H22N4O4. The Kier molecular flexibility index (Phi) is 8.40. The first-order valence-corrected chi connectivity index (χ1v) is 8.47. The fraction of sp³-hybridized carbons (Fsp3) is 0.316. The predicted molar refractivity (Wildman–Crippen MR) is 101 cm³/mol. The summed E-state index contributed by atoms with van der Waals surface area (Å²) >= 11 is 0. The summed E-state index contributed by atoms with van der Waals surface area (Å²) in [7, 11) is 1.60. The Labute approximate surface area is 158 Å². The van der Waals surface area contributed by atoms with E-state index in [9.17, 15) is 4.79 Å². The van der Waals surface area contributed by atoms with Crippen LogP contribution in [-0.2, 0) is 4.74 Å². The first-order valence-electron chi connectivity index (χ1n) is 8.47. The third-order valence-electron chi connectivity index (χ3n) is 3.33. The first kappa shape index (κ1) is 20.0. The number of amides is 2. The van der Waals surface area contributed by atoms with Crippen molar-refractivity contribution in [2.24, 2.45) is 0 Å². The summed E-state index contributed by atoms with van der Waals surface area (Å²) in [5.74, 6) is 1.09. The number of aromatic nitrogens is 1.